The third kappa shape index (κ3) is 2.60. The van der Waals surface area contributed by atoms with Crippen molar-refractivity contribution in [2.45, 2.75) is 0 Å². The van der Waals surface area contributed by atoms with Gasteiger partial charge in [0, 0.05) is 5.56 Å². The van der Waals surface area contributed by atoms with Crippen molar-refractivity contribution in [1.82, 2.24) is 0 Å². The standard InChI is InChI=1S/C14H9FO4/c15-12-7-10(14(18)19)5-6-11(12)8-1-3-9(4-2-8)13(16)17/h1-7H,(H,16,17)(H,18,19). The number of benzene rings is 2. The van der Waals surface area contributed by atoms with Gasteiger partial charge in [-0.15, -0.1) is 0 Å². The molecule has 0 heterocycles. The molecular weight excluding hydrogens is 251 g/mol. The Morgan fingerprint density at radius 3 is 1.84 bits per heavy atom. The summed E-state index contributed by atoms with van der Waals surface area (Å²) in [7, 11) is 0. The van der Waals surface area contributed by atoms with Crippen molar-refractivity contribution in [3.63, 3.8) is 0 Å². The first-order valence-corrected chi connectivity index (χ1v) is 5.35. The predicted octanol–water partition coefficient (Wildman–Crippen LogP) is 2.89. The van der Waals surface area contributed by atoms with E-state index in [0.717, 1.165) is 6.07 Å². The Morgan fingerprint density at radius 1 is 0.842 bits per heavy atom. The first-order chi connectivity index (χ1) is 8.99. The van der Waals surface area contributed by atoms with Crippen molar-refractivity contribution in [1.29, 1.82) is 0 Å². The second kappa shape index (κ2) is 4.89. The van der Waals surface area contributed by atoms with E-state index in [1.807, 2.05) is 0 Å². The Kier molecular flexibility index (Phi) is 3.29. The molecule has 0 amide bonds. The van der Waals surface area contributed by atoms with E-state index >= 15 is 0 Å². The lowest BCUT2D eigenvalue weighted by Gasteiger charge is -2.05. The number of hydrogen-bond acceptors (Lipinski definition) is 2. The molecule has 0 aliphatic carbocycles. The van der Waals surface area contributed by atoms with Gasteiger partial charge in [-0.1, -0.05) is 18.2 Å². The van der Waals surface area contributed by atoms with Crippen LogP contribution < -0.4 is 0 Å². The van der Waals surface area contributed by atoms with Crippen molar-refractivity contribution in [2.75, 3.05) is 0 Å². The average molecular weight is 260 g/mol. The number of carboxylic acids is 2. The fourth-order valence-electron chi connectivity index (χ4n) is 1.67. The van der Waals surface area contributed by atoms with Gasteiger partial charge in [-0.25, -0.2) is 14.0 Å². The highest BCUT2D eigenvalue weighted by molar-refractivity contribution is 5.89. The van der Waals surface area contributed by atoms with E-state index in [0.29, 0.717) is 5.56 Å². The molecule has 0 unspecified atom stereocenters. The van der Waals surface area contributed by atoms with Crippen LogP contribution in [0.25, 0.3) is 11.1 Å². The normalized spacial score (nSPS) is 10.2. The van der Waals surface area contributed by atoms with E-state index in [4.69, 9.17) is 10.2 Å². The number of carboxylic acid groups (broad SMARTS) is 2. The Balaban J connectivity index is 2.41. The number of hydrogen-bond donors (Lipinski definition) is 2. The van der Waals surface area contributed by atoms with Crippen LogP contribution in [0, 0.1) is 5.82 Å². The molecule has 0 aromatic heterocycles. The van der Waals surface area contributed by atoms with Gasteiger partial charge in [-0.2, -0.15) is 0 Å². The van der Waals surface area contributed by atoms with Crippen molar-refractivity contribution < 1.29 is 24.2 Å². The van der Waals surface area contributed by atoms with Crippen molar-refractivity contribution in [3.8, 4) is 11.1 Å². The highest BCUT2D eigenvalue weighted by Crippen LogP contribution is 2.24. The van der Waals surface area contributed by atoms with Gasteiger partial charge in [-0.3, -0.25) is 0 Å². The summed E-state index contributed by atoms with van der Waals surface area (Å²) in [4.78, 5) is 21.4. The molecule has 2 N–H and O–H groups in total. The summed E-state index contributed by atoms with van der Waals surface area (Å²) < 4.78 is 13.8. The van der Waals surface area contributed by atoms with Crippen LogP contribution in [0.2, 0.25) is 0 Å². The van der Waals surface area contributed by atoms with Gasteiger partial charge in [0.05, 0.1) is 11.1 Å². The third-order valence-electron chi connectivity index (χ3n) is 2.66. The van der Waals surface area contributed by atoms with Crippen LogP contribution in [0.5, 0.6) is 0 Å². The molecule has 96 valence electrons. The zero-order valence-corrected chi connectivity index (χ0v) is 9.63. The number of rotatable bonds is 3. The first kappa shape index (κ1) is 12.8. The summed E-state index contributed by atoms with van der Waals surface area (Å²) in [5.74, 6) is -2.93. The Labute approximate surface area is 107 Å². The van der Waals surface area contributed by atoms with Gasteiger partial charge < -0.3 is 10.2 Å². The average Bonchev–Trinajstić information content (AvgIpc) is 2.38. The fraction of sp³-hybridized carbons (Fsp3) is 0. The van der Waals surface area contributed by atoms with E-state index in [-0.39, 0.29) is 16.7 Å². The lowest BCUT2D eigenvalue weighted by Crippen LogP contribution is -1.98. The maximum absolute atomic E-state index is 13.8. The quantitative estimate of drug-likeness (QED) is 0.889. The molecule has 0 aliphatic heterocycles. The zero-order valence-electron chi connectivity index (χ0n) is 9.63. The summed E-state index contributed by atoms with van der Waals surface area (Å²) in [6.45, 7) is 0. The van der Waals surface area contributed by atoms with Crippen LogP contribution in [0.3, 0.4) is 0 Å². The highest BCUT2D eigenvalue weighted by Gasteiger charge is 2.10. The van der Waals surface area contributed by atoms with Gasteiger partial charge in [-0.05, 0) is 29.8 Å². The van der Waals surface area contributed by atoms with Crippen LogP contribution in [-0.2, 0) is 0 Å². The lowest BCUT2D eigenvalue weighted by molar-refractivity contribution is 0.0686. The van der Waals surface area contributed by atoms with Gasteiger partial charge in [0.25, 0.3) is 0 Å². The molecule has 0 spiro atoms. The number of aromatic carboxylic acids is 2. The Bertz CT molecular complexity index is 647. The van der Waals surface area contributed by atoms with E-state index in [2.05, 4.69) is 0 Å². The van der Waals surface area contributed by atoms with E-state index < -0.39 is 17.8 Å². The van der Waals surface area contributed by atoms with E-state index in [1.165, 1.54) is 36.4 Å². The van der Waals surface area contributed by atoms with Gasteiger partial charge >= 0.3 is 11.9 Å². The van der Waals surface area contributed by atoms with Crippen LogP contribution in [-0.4, -0.2) is 22.2 Å². The highest BCUT2D eigenvalue weighted by atomic mass is 19.1. The van der Waals surface area contributed by atoms with Crippen LogP contribution in [0.1, 0.15) is 20.7 Å². The summed E-state index contributed by atoms with van der Waals surface area (Å²) >= 11 is 0. The molecule has 0 bridgehead atoms. The topological polar surface area (TPSA) is 74.6 Å². The van der Waals surface area contributed by atoms with Crippen LogP contribution in [0.15, 0.2) is 42.5 Å². The fourth-order valence-corrected chi connectivity index (χ4v) is 1.67. The Morgan fingerprint density at radius 2 is 1.37 bits per heavy atom. The summed E-state index contributed by atoms with van der Waals surface area (Å²) in [6, 6.07) is 9.26. The molecule has 0 radical (unpaired) electrons. The van der Waals surface area contributed by atoms with E-state index in [9.17, 15) is 14.0 Å². The minimum absolute atomic E-state index is 0.103. The largest absolute Gasteiger partial charge is 0.478 e. The number of carbonyl (C=O) groups is 2. The molecule has 0 fully saturated rings. The first-order valence-electron chi connectivity index (χ1n) is 5.35. The second-order valence-corrected chi connectivity index (χ2v) is 3.88. The molecule has 2 rings (SSSR count). The molecule has 2 aromatic rings. The van der Waals surface area contributed by atoms with E-state index in [1.54, 1.807) is 0 Å². The van der Waals surface area contributed by atoms with Crippen molar-refractivity contribution in [2.24, 2.45) is 0 Å². The molecule has 19 heavy (non-hydrogen) atoms. The lowest BCUT2D eigenvalue weighted by atomic mass is 10.0. The van der Waals surface area contributed by atoms with Crippen molar-refractivity contribution >= 4 is 11.9 Å². The van der Waals surface area contributed by atoms with Crippen LogP contribution >= 0.6 is 0 Å². The molecule has 4 nitrogen and oxygen atoms in total. The summed E-state index contributed by atoms with van der Waals surface area (Å²) in [6.07, 6.45) is 0. The third-order valence-corrected chi connectivity index (χ3v) is 2.66. The second-order valence-electron chi connectivity index (χ2n) is 3.88. The van der Waals surface area contributed by atoms with Crippen LogP contribution in [0.4, 0.5) is 4.39 Å². The van der Waals surface area contributed by atoms with Gasteiger partial charge in [0.2, 0.25) is 0 Å². The summed E-state index contributed by atoms with van der Waals surface area (Å²) in [5.41, 5.74) is 0.677. The maximum atomic E-state index is 13.8. The molecular formula is C14H9FO4. The number of halogens is 1. The smallest absolute Gasteiger partial charge is 0.335 e. The molecule has 5 heteroatoms. The Hall–Kier alpha value is -2.69. The monoisotopic (exact) mass is 260 g/mol. The van der Waals surface area contributed by atoms with Gasteiger partial charge in [0.15, 0.2) is 0 Å². The molecule has 2 aromatic carbocycles. The molecule has 0 atom stereocenters. The molecule has 0 saturated heterocycles. The predicted molar refractivity (Wildman–Crippen MR) is 65.8 cm³/mol. The minimum Gasteiger partial charge on any atom is -0.478 e. The molecule has 0 saturated carbocycles. The molecule has 0 aliphatic rings. The summed E-state index contributed by atoms with van der Waals surface area (Å²) in [5, 5.41) is 17.5. The zero-order chi connectivity index (χ0) is 14.0. The SMILES string of the molecule is O=C(O)c1ccc(-c2ccc(C(=O)O)cc2F)cc1. The maximum Gasteiger partial charge on any atom is 0.335 e. The minimum atomic E-state index is -1.20. The van der Waals surface area contributed by atoms with Crippen molar-refractivity contribution in [3.05, 3.63) is 59.4 Å². The van der Waals surface area contributed by atoms with Gasteiger partial charge in [0.1, 0.15) is 5.82 Å².